The molecule has 17 heavy (non-hydrogen) atoms. The van der Waals surface area contributed by atoms with Gasteiger partial charge in [0.1, 0.15) is 11.2 Å². The summed E-state index contributed by atoms with van der Waals surface area (Å²) in [6, 6.07) is 0. The van der Waals surface area contributed by atoms with Crippen LogP contribution in [-0.2, 0) is 13.6 Å². The molecular weight excluding hydrogens is 240 g/mol. The van der Waals surface area contributed by atoms with Crippen LogP contribution >= 0.6 is 11.3 Å². The van der Waals surface area contributed by atoms with E-state index in [-0.39, 0.29) is 12.5 Å². The van der Waals surface area contributed by atoms with Crippen LogP contribution in [0.5, 0.6) is 0 Å². The van der Waals surface area contributed by atoms with Gasteiger partial charge in [-0.15, -0.1) is 0 Å². The van der Waals surface area contributed by atoms with Crippen molar-refractivity contribution < 1.29 is 4.79 Å². The lowest BCUT2D eigenvalue weighted by Gasteiger charge is -2.00. The van der Waals surface area contributed by atoms with E-state index in [2.05, 4.69) is 20.4 Å². The average Bonchev–Trinajstić information content (AvgIpc) is 2.81. The Kier molecular flexibility index (Phi) is 3.05. The number of hydrogen-bond donors (Lipinski definition) is 2. The Labute approximate surface area is 102 Å². The maximum Gasteiger partial charge on any atom is 0.263 e. The van der Waals surface area contributed by atoms with Crippen LogP contribution in [0.4, 0.5) is 5.13 Å². The van der Waals surface area contributed by atoms with E-state index in [1.165, 1.54) is 11.3 Å². The lowest BCUT2D eigenvalue weighted by atomic mass is 10.4. The molecule has 3 N–H and O–H groups in total. The molecular formula is C9H12N6OS. The Morgan fingerprint density at radius 2 is 2.41 bits per heavy atom. The lowest BCUT2D eigenvalue weighted by Crippen LogP contribution is -2.23. The van der Waals surface area contributed by atoms with Gasteiger partial charge in [0.05, 0.1) is 12.2 Å². The summed E-state index contributed by atoms with van der Waals surface area (Å²) in [5.41, 5.74) is 6.17. The van der Waals surface area contributed by atoms with E-state index in [0.717, 1.165) is 0 Å². The molecule has 0 radical (unpaired) electrons. The van der Waals surface area contributed by atoms with Crippen LogP contribution in [-0.4, -0.2) is 25.7 Å². The minimum absolute atomic E-state index is 0.204. The summed E-state index contributed by atoms with van der Waals surface area (Å²) in [7, 11) is 1.77. The minimum Gasteiger partial charge on any atom is -0.375 e. The average molecular weight is 252 g/mol. The summed E-state index contributed by atoms with van der Waals surface area (Å²) in [6.07, 6.45) is 1.58. The Bertz CT molecular complexity index is 545. The molecule has 0 spiro atoms. The van der Waals surface area contributed by atoms with Gasteiger partial charge in [-0.3, -0.25) is 9.48 Å². The molecule has 0 fully saturated rings. The maximum atomic E-state index is 11.8. The molecule has 1 amide bonds. The van der Waals surface area contributed by atoms with Crippen molar-refractivity contribution in [2.45, 2.75) is 13.5 Å². The zero-order chi connectivity index (χ0) is 12.4. The van der Waals surface area contributed by atoms with Gasteiger partial charge in [0.15, 0.2) is 11.0 Å². The van der Waals surface area contributed by atoms with E-state index in [0.29, 0.717) is 21.5 Å². The van der Waals surface area contributed by atoms with Crippen LogP contribution in [0.1, 0.15) is 21.2 Å². The molecule has 7 nitrogen and oxygen atoms in total. The SMILES string of the molecule is Cc1nc(N)sc1C(=O)NCc1ncn(C)n1. The monoisotopic (exact) mass is 252 g/mol. The summed E-state index contributed by atoms with van der Waals surface area (Å²) in [5.74, 6) is 0.361. The first-order chi connectivity index (χ1) is 8.06. The van der Waals surface area contributed by atoms with Gasteiger partial charge in [0.25, 0.3) is 5.91 Å². The van der Waals surface area contributed by atoms with E-state index in [1.54, 1.807) is 25.0 Å². The number of amides is 1. The summed E-state index contributed by atoms with van der Waals surface area (Å²) in [5, 5.41) is 7.17. The minimum atomic E-state index is -0.204. The number of aromatic nitrogens is 4. The lowest BCUT2D eigenvalue weighted by molar-refractivity contribution is 0.0953. The van der Waals surface area contributed by atoms with Gasteiger partial charge in [-0.25, -0.2) is 9.97 Å². The maximum absolute atomic E-state index is 11.8. The van der Waals surface area contributed by atoms with Crippen LogP contribution in [0.15, 0.2) is 6.33 Å². The molecule has 0 atom stereocenters. The molecule has 8 heteroatoms. The molecule has 0 aromatic carbocycles. The number of rotatable bonds is 3. The van der Waals surface area contributed by atoms with Crippen molar-refractivity contribution in [3.8, 4) is 0 Å². The van der Waals surface area contributed by atoms with Crippen molar-refractivity contribution >= 4 is 22.4 Å². The molecule has 0 aliphatic carbocycles. The van der Waals surface area contributed by atoms with Crippen LogP contribution in [0.2, 0.25) is 0 Å². The van der Waals surface area contributed by atoms with Gasteiger partial charge in [-0.1, -0.05) is 11.3 Å². The van der Waals surface area contributed by atoms with E-state index >= 15 is 0 Å². The number of anilines is 1. The highest BCUT2D eigenvalue weighted by molar-refractivity contribution is 7.17. The molecule has 0 saturated heterocycles. The number of nitrogens with one attached hydrogen (secondary N) is 1. The van der Waals surface area contributed by atoms with E-state index < -0.39 is 0 Å². The third-order valence-electron chi connectivity index (χ3n) is 2.07. The molecule has 2 aromatic heterocycles. The first-order valence-corrected chi connectivity index (χ1v) is 5.73. The summed E-state index contributed by atoms with van der Waals surface area (Å²) in [6.45, 7) is 2.04. The first-order valence-electron chi connectivity index (χ1n) is 4.92. The second kappa shape index (κ2) is 4.50. The van der Waals surface area contributed by atoms with Crippen molar-refractivity contribution in [3.05, 3.63) is 22.7 Å². The normalized spacial score (nSPS) is 10.5. The smallest absolute Gasteiger partial charge is 0.263 e. The topological polar surface area (TPSA) is 98.7 Å². The number of carbonyl (C=O) groups is 1. The van der Waals surface area contributed by atoms with Gasteiger partial charge in [0.2, 0.25) is 0 Å². The van der Waals surface area contributed by atoms with Crippen molar-refractivity contribution in [1.29, 1.82) is 0 Å². The van der Waals surface area contributed by atoms with Gasteiger partial charge in [0, 0.05) is 7.05 Å². The van der Waals surface area contributed by atoms with Crippen molar-refractivity contribution in [2.75, 3.05) is 5.73 Å². The fourth-order valence-corrected chi connectivity index (χ4v) is 2.08. The van der Waals surface area contributed by atoms with Crippen LogP contribution in [0, 0.1) is 6.92 Å². The zero-order valence-electron chi connectivity index (χ0n) is 9.47. The predicted octanol–water partition coefficient (Wildman–Crippen LogP) is 0.0922. The molecule has 2 aromatic rings. The molecule has 0 aliphatic heterocycles. The van der Waals surface area contributed by atoms with Crippen LogP contribution < -0.4 is 11.1 Å². The number of thiazole rings is 1. The van der Waals surface area contributed by atoms with E-state index in [1.807, 2.05) is 0 Å². The van der Waals surface area contributed by atoms with Gasteiger partial charge < -0.3 is 11.1 Å². The van der Waals surface area contributed by atoms with Crippen LogP contribution in [0.25, 0.3) is 0 Å². The molecule has 90 valence electrons. The molecule has 2 heterocycles. The Balaban J connectivity index is 2.00. The largest absolute Gasteiger partial charge is 0.375 e. The highest BCUT2D eigenvalue weighted by Crippen LogP contribution is 2.19. The van der Waals surface area contributed by atoms with Gasteiger partial charge in [-0.2, -0.15) is 5.10 Å². The number of carbonyl (C=O) groups excluding carboxylic acids is 1. The fourth-order valence-electron chi connectivity index (χ4n) is 1.33. The fraction of sp³-hybridized carbons (Fsp3) is 0.333. The van der Waals surface area contributed by atoms with Crippen molar-refractivity contribution in [3.63, 3.8) is 0 Å². The highest BCUT2D eigenvalue weighted by Gasteiger charge is 2.14. The Hall–Kier alpha value is -1.96. The van der Waals surface area contributed by atoms with E-state index in [9.17, 15) is 4.79 Å². The second-order valence-corrected chi connectivity index (χ2v) is 4.51. The summed E-state index contributed by atoms with van der Waals surface area (Å²) < 4.78 is 1.58. The molecule has 0 saturated carbocycles. The predicted molar refractivity (Wildman–Crippen MR) is 63.4 cm³/mol. The first kappa shape index (κ1) is 11.5. The summed E-state index contributed by atoms with van der Waals surface area (Å²) in [4.78, 5) is 20.3. The molecule has 0 unspecified atom stereocenters. The van der Waals surface area contributed by atoms with Crippen LogP contribution in [0.3, 0.4) is 0 Å². The molecule has 0 bridgehead atoms. The highest BCUT2D eigenvalue weighted by atomic mass is 32.1. The molecule has 0 aliphatic rings. The number of aryl methyl sites for hydroxylation is 2. The zero-order valence-corrected chi connectivity index (χ0v) is 10.3. The number of hydrogen-bond acceptors (Lipinski definition) is 6. The third kappa shape index (κ3) is 2.59. The third-order valence-corrected chi connectivity index (χ3v) is 3.06. The van der Waals surface area contributed by atoms with Gasteiger partial charge in [-0.05, 0) is 6.92 Å². The van der Waals surface area contributed by atoms with Crippen molar-refractivity contribution in [1.82, 2.24) is 25.1 Å². The Morgan fingerprint density at radius 3 is 2.94 bits per heavy atom. The number of nitrogens with zero attached hydrogens (tertiary/aromatic N) is 4. The quantitative estimate of drug-likeness (QED) is 0.806. The van der Waals surface area contributed by atoms with E-state index in [4.69, 9.17) is 5.73 Å². The number of nitrogen functional groups attached to an aromatic ring is 1. The van der Waals surface area contributed by atoms with Crippen molar-refractivity contribution in [2.24, 2.45) is 7.05 Å². The summed E-state index contributed by atoms with van der Waals surface area (Å²) >= 11 is 1.17. The second-order valence-electron chi connectivity index (χ2n) is 3.48. The number of nitrogens with two attached hydrogens (primary N) is 1. The Morgan fingerprint density at radius 1 is 1.65 bits per heavy atom. The van der Waals surface area contributed by atoms with Gasteiger partial charge >= 0.3 is 0 Å². The standard InChI is InChI=1S/C9H12N6OS/c1-5-7(17-9(10)13-5)8(16)11-3-6-12-4-15(2)14-6/h4H,3H2,1-2H3,(H2,10,13)(H,11,16). The molecule has 2 rings (SSSR count).